The second-order valence-electron chi connectivity index (χ2n) is 2.92. The summed E-state index contributed by atoms with van der Waals surface area (Å²) in [5, 5.41) is 4.81. The highest BCUT2D eigenvalue weighted by Crippen LogP contribution is 2.12. The molecular weight excluding hydrogens is 200 g/mol. The van der Waals surface area contributed by atoms with Crippen LogP contribution in [-0.2, 0) is 6.54 Å². The number of pyridine rings is 1. The monoisotopic (exact) mass is 208 g/mol. The molecule has 14 heavy (non-hydrogen) atoms. The molecule has 0 spiro atoms. The molecule has 0 radical (unpaired) electrons. The Hall–Kier alpha value is -1.42. The highest BCUT2D eigenvalue weighted by atomic mass is 35.5. The van der Waals surface area contributed by atoms with Gasteiger partial charge in [-0.15, -0.1) is 0 Å². The van der Waals surface area contributed by atoms with Crippen LogP contribution < -0.4 is 0 Å². The van der Waals surface area contributed by atoms with Crippen LogP contribution in [0.3, 0.4) is 0 Å². The van der Waals surface area contributed by atoms with E-state index in [1.54, 1.807) is 23.3 Å². The molecule has 0 fully saturated rings. The van der Waals surface area contributed by atoms with Gasteiger partial charge in [0.05, 0.1) is 17.3 Å². The van der Waals surface area contributed by atoms with Crippen molar-refractivity contribution < 1.29 is 0 Å². The van der Waals surface area contributed by atoms with E-state index in [9.17, 15) is 0 Å². The predicted octanol–water partition coefficient (Wildman–Crippen LogP) is 1.68. The maximum absolute atomic E-state index is 5.96. The molecule has 2 aromatic rings. The first-order valence-electron chi connectivity index (χ1n) is 4.21. The fourth-order valence-electron chi connectivity index (χ4n) is 1.15. The Bertz CT molecular complexity index is 438. The fourth-order valence-corrected chi connectivity index (χ4v) is 1.33. The van der Waals surface area contributed by atoms with Gasteiger partial charge in [0, 0.05) is 6.20 Å². The third-order valence-electron chi connectivity index (χ3n) is 1.80. The summed E-state index contributed by atoms with van der Waals surface area (Å²) in [6.45, 7) is 2.40. The lowest BCUT2D eigenvalue weighted by atomic mass is 10.3. The van der Waals surface area contributed by atoms with E-state index < -0.39 is 0 Å². The zero-order chi connectivity index (χ0) is 9.97. The van der Waals surface area contributed by atoms with E-state index in [0.29, 0.717) is 11.6 Å². The van der Waals surface area contributed by atoms with Gasteiger partial charge in [-0.05, 0) is 19.1 Å². The van der Waals surface area contributed by atoms with Crippen molar-refractivity contribution in [1.82, 2.24) is 19.7 Å². The zero-order valence-corrected chi connectivity index (χ0v) is 8.44. The van der Waals surface area contributed by atoms with E-state index in [1.807, 2.05) is 13.0 Å². The molecule has 0 saturated carbocycles. The summed E-state index contributed by atoms with van der Waals surface area (Å²) >= 11 is 5.96. The Labute approximate surface area is 86.6 Å². The first-order chi connectivity index (χ1) is 6.75. The molecule has 0 unspecified atom stereocenters. The van der Waals surface area contributed by atoms with E-state index >= 15 is 0 Å². The highest BCUT2D eigenvalue weighted by molar-refractivity contribution is 6.31. The molecule has 0 aliphatic carbocycles. The highest BCUT2D eigenvalue weighted by Gasteiger charge is 2.02. The molecule has 0 aromatic carbocycles. The van der Waals surface area contributed by atoms with Crippen molar-refractivity contribution in [3.05, 3.63) is 41.2 Å². The molecule has 2 rings (SSSR count). The van der Waals surface area contributed by atoms with E-state index in [2.05, 4.69) is 15.1 Å². The average molecular weight is 209 g/mol. The minimum atomic E-state index is 0.556. The van der Waals surface area contributed by atoms with Crippen molar-refractivity contribution in [1.29, 1.82) is 0 Å². The largest absolute Gasteiger partial charge is 0.258 e. The van der Waals surface area contributed by atoms with Crippen LogP contribution in [0.2, 0.25) is 5.02 Å². The number of halogens is 1. The minimum absolute atomic E-state index is 0.556. The maximum atomic E-state index is 5.96. The molecule has 0 amide bonds. The molecule has 0 aliphatic heterocycles. The lowest BCUT2D eigenvalue weighted by molar-refractivity contribution is 0.665. The molecule has 0 N–H and O–H groups in total. The standard InChI is InChI=1S/C9H9ClN4/c1-7-12-6-14(13-7)5-9-8(10)3-2-4-11-9/h2-4,6H,5H2,1H3. The summed E-state index contributed by atoms with van der Waals surface area (Å²) in [7, 11) is 0. The summed E-state index contributed by atoms with van der Waals surface area (Å²) in [4.78, 5) is 8.19. The Morgan fingerprint density at radius 1 is 1.43 bits per heavy atom. The van der Waals surface area contributed by atoms with Gasteiger partial charge in [-0.25, -0.2) is 9.67 Å². The summed E-state index contributed by atoms with van der Waals surface area (Å²) < 4.78 is 1.71. The zero-order valence-electron chi connectivity index (χ0n) is 7.68. The van der Waals surface area contributed by atoms with Gasteiger partial charge in [0.1, 0.15) is 12.2 Å². The van der Waals surface area contributed by atoms with Crippen LogP contribution in [0, 0.1) is 6.92 Å². The quantitative estimate of drug-likeness (QED) is 0.754. The fraction of sp³-hybridized carbons (Fsp3) is 0.222. The summed E-state index contributed by atoms with van der Waals surface area (Å²) in [6.07, 6.45) is 3.38. The topological polar surface area (TPSA) is 43.6 Å². The van der Waals surface area contributed by atoms with Crippen LogP contribution in [0.5, 0.6) is 0 Å². The number of aryl methyl sites for hydroxylation is 1. The van der Waals surface area contributed by atoms with Gasteiger partial charge in [0.2, 0.25) is 0 Å². The molecule has 2 heterocycles. The van der Waals surface area contributed by atoms with E-state index in [4.69, 9.17) is 11.6 Å². The first kappa shape index (κ1) is 9.15. The third-order valence-corrected chi connectivity index (χ3v) is 2.14. The molecule has 0 bridgehead atoms. The minimum Gasteiger partial charge on any atom is -0.258 e. The Balaban J connectivity index is 2.23. The number of rotatable bonds is 2. The van der Waals surface area contributed by atoms with E-state index in [0.717, 1.165) is 11.5 Å². The van der Waals surface area contributed by atoms with Crippen molar-refractivity contribution in [3.63, 3.8) is 0 Å². The Kier molecular flexibility index (Phi) is 2.45. The van der Waals surface area contributed by atoms with Crippen LogP contribution >= 0.6 is 11.6 Å². The summed E-state index contributed by atoms with van der Waals surface area (Å²) in [5.41, 5.74) is 0.805. The van der Waals surface area contributed by atoms with Crippen LogP contribution in [0.1, 0.15) is 11.5 Å². The first-order valence-corrected chi connectivity index (χ1v) is 4.59. The van der Waals surface area contributed by atoms with Crippen molar-refractivity contribution in [2.75, 3.05) is 0 Å². The van der Waals surface area contributed by atoms with Gasteiger partial charge in [-0.3, -0.25) is 4.98 Å². The van der Waals surface area contributed by atoms with Crippen molar-refractivity contribution >= 4 is 11.6 Å². The van der Waals surface area contributed by atoms with Crippen LogP contribution in [-0.4, -0.2) is 19.7 Å². The van der Waals surface area contributed by atoms with Crippen molar-refractivity contribution in [3.8, 4) is 0 Å². The molecule has 0 saturated heterocycles. The van der Waals surface area contributed by atoms with Gasteiger partial charge < -0.3 is 0 Å². The van der Waals surface area contributed by atoms with E-state index in [1.165, 1.54) is 0 Å². The number of hydrogen-bond acceptors (Lipinski definition) is 3. The second-order valence-corrected chi connectivity index (χ2v) is 3.33. The molecule has 0 atom stereocenters. The Morgan fingerprint density at radius 2 is 2.29 bits per heavy atom. The van der Waals surface area contributed by atoms with Gasteiger partial charge in [0.25, 0.3) is 0 Å². The molecule has 5 heteroatoms. The van der Waals surface area contributed by atoms with Crippen LogP contribution in [0.15, 0.2) is 24.7 Å². The normalized spacial score (nSPS) is 10.4. The number of nitrogens with zero attached hydrogens (tertiary/aromatic N) is 4. The maximum Gasteiger partial charge on any atom is 0.147 e. The predicted molar refractivity (Wildman–Crippen MR) is 53.1 cm³/mol. The molecule has 4 nitrogen and oxygen atoms in total. The summed E-state index contributed by atoms with van der Waals surface area (Å²) in [5.74, 6) is 0.747. The third kappa shape index (κ3) is 1.90. The molecule has 0 aliphatic rings. The molecule has 72 valence electrons. The lowest BCUT2D eigenvalue weighted by Crippen LogP contribution is -2.02. The van der Waals surface area contributed by atoms with Gasteiger partial charge in [-0.1, -0.05) is 11.6 Å². The number of hydrogen-bond donors (Lipinski definition) is 0. The summed E-state index contributed by atoms with van der Waals surface area (Å²) in [6, 6.07) is 3.62. The lowest BCUT2D eigenvalue weighted by Gasteiger charge is -2.01. The smallest absolute Gasteiger partial charge is 0.147 e. The molecule has 2 aromatic heterocycles. The van der Waals surface area contributed by atoms with Crippen molar-refractivity contribution in [2.24, 2.45) is 0 Å². The van der Waals surface area contributed by atoms with Crippen LogP contribution in [0.4, 0.5) is 0 Å². The number of aromatic nitrogens is 4. The van der Waals surface area contributed by atoms with Crippen LogP contribution in [0.25, 0.3) is 0 Å². The SMILES string of the molecule is Cc1ncn(Cc2ncccc2Cl)n1. The molecular formula is C9H9ClN4. The average Bonchev–Trinajstić information content (AvgIpc) is 2.56. The second kappa shape index (κ2) is 3.75. The van der Waals surface area contributed by atoms with Crippen molar-refractivity contribution in [2.45, 2.75) is 13.5 Å². The van der Waals surface area contributed by atoms with Gasteiger partial charge in [0.15, 0.2) is 0 Å². The Morgan fingerprint density at radius 3 is 2.93 bits per heavy atom. The van der Waals surface area contributed by atoms with Gasteiger partial charge in [-0.2, -0.15) is 5.10 Å². The van der Waals surface area contributed by atoms with E-state index in [-0.39, 0.29) is 0 Å². The van der Waals surface area contributed by atoms with Gasteiger partial charge >= 0.3 is 0 Å².